The quantitative estimate of drug-likeness (QED) is 0.136. The standard InChI is InChI=1S/C14H16N4O8S3.3Na.3H/c1-2-5-14(28(21,22)23,29(24,25)26)16-9-3-4-11(10(8-9)12(19)20)17-18-13-15-6-7-27-13;;;;;;/h3-4,6-8,16H,2,5H2,1H3,(H,19,20)(H,21,22,23)(H,24,25,26);;;;;;/q;3*+1;3*-1. The van der Waals surface area contributed by atoms with Crippen molar-refractivity contribution >= 4 is 54.0 Å². The van der Waals surface area contributed by atoms with E-state index in [9.17, 15) is 35.8 Å². The van der Waals surface area contributed by atoms with Crippen LogP contribution in [0.4, 0.5) is 16.5 Å². The molecule has 0 spiro atoms. The van der Waals surface area contributed by atoms with Crippen molar-refractivity contribution in [3.05, 3.63) is 35.3 Å². The Hall–Kier alpha value is 0.540. The summed E-state index contributed by atoms with van der Waals surface area (Å²) in [5.74, 6) is -1.46. The molecule has 0 saturated carbocycles. The van der Waals surface area contributed by atoms with E-state index in [1.807, 2.05) is 5.32 Å². The monoisotopic (exact) mass is 536 g/mol. The molecule has 2 aromatic rings. The van der Waals surface area contributed by atoms with Crippen molar-refractivity contribution < 1.29 is 129 Å². The van der Waals surface area contributed by atoms with E-state index in [4.69, 9.17) is 0 Å². The van der Waals surface area contributed by atoms with E-state index < -0.39 is 42.4 Å². The van der Waals surface area contributed by atoms with Crippen LogP contribution in [0, 0.1) is 0 Å². The van der Waals surface area contributed by atoms with E-state index in [2.05, 4.69) is 15.2 Å². The number of aromatic nitrogens is 1. The first-order chi connectivity index (χ1) is 13.4. The Morgan fingerprint density at radius 3 is 2.19 bits per heavy atom. The number of thiazole rings is 1. The number of anilines is 1. The maximum Gasteiger partial charge on any atom is 1.00 e. The van der Waals surface area contributed by atoms with Crippen LogP contribution in [0.15, 0.2) is 40.0 Å². The van der Waals surface area contributed by atoms with Crippen LogP contribution in [0.1, 0.15) is 34.4 Å². The van der Waals surface area contributed by atoms with Crippen LogP contribution in [0.3, 0.4) is 0 Å². The molecule has 1 aromatic heterocycles. The molecule has 0 unspecified atom stereocenters. The molecular formula is C14H19N4Na3O8S3. The van der Waals surface area contributed by atoms with Gasteiger partial charge in [-0.2, -0.15) is 16.8 Å². The average molecular weight is 536 g/mol. The van der Waals surface area contributed by atoms with Crippen LogP contribution in [-0.2, 0) is 20.2 Å². The zero-order chi connectivity index (χ0) is 21.9. The fraction of sp³-hybridized carbons (Fsp3) is 0.286. The van der Waals surface area contributed by atoms with Gasteiger partial charge in [0, 0.05) is 23.7 Å². The third-order valence-corrected chi connectivity index (χ3v) is 7.84. The Labute approximate surface area is 259 Å². The molecule has 0 atom stereocenters. The SMILES string of the molecule is CCCC(Nc1ccc(N=Nc2nccs2)c(C(=O)O)c1)(S(=O)(=O)O)S(=O)(=O)O.[H-].[H-].[H-].[Na+].[Na+].[Na+]. The molecule has 0 saturated heterocycles. The van der Waals surface area contributed by atoms with E-state index in [1.165, 1.54) is 13.1 Å². The first kappa shape index (κ1) is 34.7. The maximum atomic E-state index is 11.8. The predicted molar refractivity (Wildman–Crippen MR) is 107 cm³/mol. The number of carboxylic acid groups (broad SMARTS) is 1. The molecule has 1 aromatic carbocycles. The molecule has 1 heterocycles. The molecule has 0 fully saturated rings. The topological polar surface area (TPSA) is 196 Å². The van der Waals surface area contributed by atoms with Gasteiger partial charge in [-0.15, -0.1) is 21.6 Å². The molecular weight excluding hydrogens is 517 g/mol. The number of rotatable bonds is 9. The number of hydrogen-bond donors (Lipinski definition) is 4. The molecule has 164 valence electrons. The van der Waals surface area contributed by atoms with Crippen LogP contribution >= 0.6 is 11.3 Å². The van der Waals surface area contributed by atoms with Crippen LogP contribution in [-0.4, -0.2) is 46.2 Å². The summed E-state index contributed by atoms with van der Waals surface area (Å²) in [5.41, 5.74) is -0.858. The van der Waals surface area contributed by atoms with Crippen LogP contribution in [0.5, 0.6) is 0 Å². The molecule has 0 aliphatic carbocycles. The molecule has 0 radical (unpaired) electrons. The first-order valence-electron chi connectivity index (χ1n) is 7.82. The third kappa shape index (κ3) is 8.34. The molecule has 0 aliphatic heterocycles. The van der Waals surface area contributed by atoms with Gasteiger partial charge in [0.05, 0.1) is 5.56 Å². The van der Waals surface area contributed by atoms with Crippen LogP contribution in [0.2, 0.25) is 0 Å². The Morgan fingerprint density at radius 1 is 1.16 bits per heavy atom. The van der Waals surface area contributed by atoms with Gasteiger partial charge in [-0.25, -0.2) is 9.78 Å². The van der Waals surface area contributed by atoms with Gasteiger partial charge in [-0.1, -0.05) is 13.3 Å². The number of nitrogens with one attached hydrogen (secondary N) is 1. The minimum Gasteiger partial charge on any atom is -1.00 e. The van der Waals surface area contributed by atoms with Crippen LogP contribution in [0.25, 0.3) is 0 Å². The van der Waals surface area contributed by atoms with E-state index in [1.54, 1.807) is 5.38 Å². The van der Waals surface area contributed by atoms with Crippen LogP contribution < -0.4 is 94.0 Å². The Balaban J connectivity index is -0.000000500. The predicted octanol–water partition coefficient (Wildman–Crippen LogP) is -5.75. The van der Waals surface area contributed by atoms with E-state index >= 15 is 0 Å². The summed E-state index contributed by atoms with van der Waals surface area (Å²) in [5, 5.41) is 20.9. The molecule has 2 rings (SSSR count). The first-order valence-corrected chi connectivity index (χ1v) is 11.6. The third-order valence-electron chi connectivity index (χ3n) is 3.64. The smallest absolute Gasteiger partial charge is 1.00 e. The van der Waals surface area contributed by atoms with Gasteiger partial charge in [-0.05, 0) is 18.2 Å². The summed E-state index contributed by atoms with van der Waals surface area (Å²) in [6.07, 6.45) is 0.708. The maximum absolute atomic E-state index is 11.8. The van der Waals surface area contributed by atoms with Gasteiger partial charge in [0.2, 0.25) is 5.13 Å². The summed E-state index contributed by atoms with van der Waals surface area (Å²) >= 11 is 1.16. The molecule has 18 heteroatoms. The molecule has 0 aliphatic rings. The Bertz CT molecular complexity index is 1120. The van der Waals surface area contributed by atoms with Gasteiger partial charge in [0.25, 0.3) is 4.20 Å². The summed E-state index contributed by atoms with van der Waals surface area (Å²) in [6, 6.07) is 3.18. The number of nitrogens with zero attached hydrogens (tertiary/aromatic N) is 3. The van der Waals surface area contributed by atoms with Crippen molar-refractivity contribution in [2.45, 2.75) is 24.0 Å². The van der Waals surface area contributed by atoms with Crippen molar-refractivity contribution in [2.75, 3.05) is 5.32 Å². The Kier molecular flexibility index (Phi) is 15.4. The second kappa shape index (κ2) is 14.2. The summed E-state index contributed by atoms with van der Waals surface area (Å²) in [4.78, 5) is 15.4. The van der Waals surface area contributed by atoms with Gasteiger partial charge in [-0.3, -0.25) is 9.11 Å². The van der Waals surface area contributed by atoms with E-state index in [0.29, 0.717) is 0 Å². The van der Waals surface area contributed by atoms with E-state index in [-0.39, 0.29) is 116 Å². The summed E-state index contributed by atoms with van der Waals surface area (Å²) in [7, 11) is -10.7. The largest absolute Gasteiger partial charge is 1.00 e. The molecule has 12 nitrogen and oxygen atoms in total. The number of carbonyl (C=O) groups is 1. The van der Waals surface area contributed by atoms with Crippen molar-refractivity contribution in [3.8, 4) is 0 Å². The molecule has 0 bridgehead atoms. The number of hydrogen-bond acceptors (Lipinski definition) is 10. The summed E-state index contributed by atoms with van der Waals surface area (Å²) < 4.78 is 63.1. The second-order valence-electron chi connectivity index (χ2n) is 5.63. The fourth-order valence-corrected chi connectivity index (χ4v) is 5.30. The number of carboxylic acids is 1. The van der Waals surface area contributed by atoms with Gasteiger partial charge in [0.15, 0.2) is 0 Å². The van der Waals surface area contributed by atoms with Crippen molar-refractivity contribution in [2.24, 2.45) is 10.2 Å². The van der Waals surface area contributed by atoms with Crippen molar-refractivity contribution in [1.82, 2.24) is 4.98 Å². The average Bonchev–Trinajstić information content (AvgIpc) is 3.11. The molecule has 4 N–H and O–H groups in total. The summed E-state index contributed by atoms with van der Waals surface area (Å²) in [6.45, 7) is 1.43. The molecule has 0 amide bonds. The number of benzene rings is 1. The Morgan fingerprint density at radius 2 is 1.75 bits per heavy atom. The molecule has 32 heavy (non-hydrogen) atoms. The van der Waals surface area contributed by atoms with Gasteiger partial charge in [0.1, 0.15) is 5.69 Å². The zero-order valence-electron chi connectivity index (χ0n) is 20.8. The van der Waals surface area contributed by atoms with Crippen molar-refractivity contribution in [3.63, 3.8) is 0 Å². The normalized spacial score (nSPS) is 11.7. The second-order valence-corrected chi connectivity index (χ2v) is 10.1. The number of aromatic carboxylic acids is 1. The minimum atomic E-state index is -5.37. The minimum absolute atomic E-state index is 0. The van der Waals surface area contributed by atoms with Gasteiger partial charge >= 0.3 is 115 Å². The van der Waals surface area contributed by atoms with E-state index in [0.717, 1.165) is 29.5 Å². The zero-order valence-corrected chi connectivity index (χ0v) is 26.2. The number of azo groups is 1. The van der Waals surface area contributed by atoms with Crippen molar-refractivity contribution in [1.29, 1.82) is 0 Å². The van der Waals surface area contributed by atoms with Gasteiger partial charge < -0.3 is 14.7 Å². The fourth-order valence-electron chi connectivity index (χ4n) is 2.37.